The quantitative estimate of drug-likeness (QED) is 0.711. The Kier molecular flexibility index (Phi) is 4.10. The zero-order valence-corrected chi connectivity index (χ0v) is 16.3. The van der Waals surface area contributed by atoms with Gasteiger partial charge in [0.15, 0.2) is 0 Å². The number of H-pyrrole nitrogens is 1. The Hall–Kier alpha value is -2.51. The molecule has 2 aliphatic rings. The molecule has 3 aromatic rings. The van der Waals surface area contributed by atoms with Crippen molar-refractivity contribution in [3.63, 3.8) is 0 Å². The highest BCUT2D eigenvalue weighted by atomic mass is 32.2. The Bertz CT molecular complexity index is 1090. The first-order valence-electron chi connectivity index (χ1n) is 9.67. The second-order valence-corrected chi connectivity index (χ2v) is 9.65. The lowest BCUT2D eigenvalue weighted by atomic mass is 9.91. The van der Waals surface area contributed by atoms with Crippen molar-refractivity contribution >= 4 is 26.6 Å². The summed E-state index contributed by atoms with van der Waals surface area (Å²) in [4.78, 5) is 5.79. The van der Waals surface area contributed by atoms with Gasteiger partial charge < -0.3 is 15.0 Å². The molecule has 28 heavy (non-hydrogen) atoms. The van der Waals surface area contributed by atoms with Crippen molar-refractivity contribution in [1.82, 2.24) is 9.29 Å². The van der Waals surface area contributed by atoms with Crippen molar-refractivity contribution in [2.45, 2.75) is 36.2 Å². The van der Waals surface area contributed by atoms with Crippen molar-refractivity contribution < 1.29 is 13.5 Å². The maximum atomic E-state index is 13.3. The van der Waals surface area contributed by atoms with Gasteiger partial charge in [0.25, 0.3) is 0 Å². The standard InChI is InChI=1S/C21H23N3O3S/c25-19-7-5-16(6-8-19)24-17-2-1-3-18(24)14-23(13-17)28(26,27)20-9-4-15-10-11-22-21(15)12-20/h4-12,17-18,22,25H,1-3,13-14H2. The van der Waals surface area contributed by atoms with Gasteiger partial charge in [0.2, 0.25) is 10.0 Å². The zero-order chi connectivity index (χ0) is 19.3. The summed E-state index contributed by atoms with van der Waals surface area (Å²) in [5.41, 5.74) is 1.89. The third-order valence-electron chi connectivity index (χ3n) is 6.00. The Morgan fingerprint density at radius 1 is 0.964 bits per heavy atom. The highest BCUT2D eigenvalue weighted by molar-refractivity contribution is 7.89. The van der Waals surface area contributed by atoms with Crippen LogP contribution in [0.5, 0.6) is 5.75 Å². The lowest BCUT2D eigenvalue weighted by Crippen LogP contribution is -2.62. The number of sulfonamides is 1. The summed E-state index contributed by atoms with van der Waals surface area (Å²) in [6.45, 7) is 0.977. The molecule has 2 unspecified atom stereocenters. The van der Waals surface area contributed by atoms with E-state index in [1.807, 2.05) is 30.5 Å². The smallest absolute Gasteiger partial charge is 0.243 e. The molecule has 7 heteroatoms. The number of hydrogen-bond donors (Lipinski definition) is 2. The molecule has 2 saturated heterocycles. The van der Waals surface area contributed by atoms with E-state index < -0.39 is 10.0 Å². The minimum absolute atomic E-state index is 0.154. The van der Waals surface area contributed by atoms with Crippen LogP contribution in [0.4, 0.5) is 5.69 Å². The van der Waals surface area contributed by atoms with Crippen LogP contribution >= 0.6 is 0 Å². The molecule has 0 aliphatic carbocycles. The lowest BCUT2D eigenvalue weighted by molar-refractivity contribution is 0.231. The van der Waals surface area contributed by atoms with E-state index in [4.69, 9.17) is 0 Å². The number of phenols is 1. The first-order chi connectivity index (χ1) is 13.5. The number of piperazine rings is 1. The van der Waals surface area contributed by atoms with E-state index in [0.717, 1.165) is 35.9 Å². The van der Waals surface area contributed by atoms with Crippen LogP contribution in [0.3, 0.4) is 0 Å². The van der Waals surface area contributed by atoms with Crippen molar-refractivity contribution in [2.24, 2.45) is 0 Å². The van der Waals surface area contributed by atoms with Gasteiger partial charge in [0.1, 0.15) is 5.75 Å². The number of aromatic nitrogens is 1. The fraction of sp³-hybridized carbons (Fsp3) is 0.333. The lowest BCUT2D eigenvalue weighted by Gasteiger charge is -2.50. The summed E-state index contributed by atoms with van der Waals surface area (Å²) in [5.74, 6) is 0.245. The number of piperidine rings is 1. The van der Waals surface area contributed by atoms with Crippen LogP contribution in [-0.4, -0.2) is 48.0 Å². The number of aromatic hydroxyl groups is 1. The number of benzene rings is 2. The van der Waals surface area contributed by atoms with Gasteiger partial charge in [-0.15, -0.1) is 0 Å². The fourth-order valence-electron chi connectivity index (χ4n) is 4.65. The Balaban J connectivity index is 1.45. The van der Waals surface area contributed by atoms with E-state index in [1.165, 1.54) is 0 Å². The maximum absolute atomic E-state index is 13.3. The molecular formula is C21H23N3O3S. The third-order valence-corrected chi connectivity index (χ3v) is 7.83. The van der Waals surface area contributed by atoms with Gasteiger partial charge in [-0.2, -0.15) is 4.31 Å². The average molecular weight is 398 g/mol. The predicted octanol–water partition coefficient (Wildman–Crippen LogP) is 3.31. The molecule has 2 aliphatic heterocycles. The second-order valence-electron chi connectivity index (χ2n) is 7.71. The molecule has 146 valence electrons. The van der Waals surface area contributed by atoms with Crippen molar-refractivity contribution in [3.8, 4) is 5.75 Å². The van der Waals surface area contributed by atoms with Gasteiger partial charge in [0.05, 0.1) is 4.90 Å². The fourth-order valence-corrected chi connectivity index (χ4v) is 6.19. The molecule has 5 rings (SSSR count). The summed E-state index contributed by atoms with van der Waals surface area (Å²) in [6.07, 6.45) is 4.88. The van der Waals surface area contributed by atoms with E-state index in [-0.39, 0.29) is 17.8 Å². The molecule has 2 N–H and O–H groups in total. The highest BCUT2D eigenvalue weighted by Gasteiger charge is 2.41. The van der Waals surface area contributed by atoms with Gasteiger partial charge in [-0.1, -0.05) is 6.07 Å². The van der Waals surface area contributed by atoms with E-state index in [2.05, 4.69) is 9.88 Å². The number of fused-ring (bicyclic) bond motifs is 3. The number of nitrogens with one attached hydrogen (secondary N) is 1. The van der Waals surface area contributed by atoms with E-state index in [9.17, 15) is 13.5 Å². The summed E-state index contributed by atoms with van der Waals surface area (Å²) in [7, 11) is -3.54. The first kappa shape index (κ1) is 17.6. The largest absolute Gasteiger partial charge is 0.508 e. The van der Waals surface area contributed by atoms with Crippen LogP contribution in [0.2, 0.25) is 0 Å². The molecule has 2 atom stereocenters. The number of rotatable bonds is 3. The number of aromatic amines is 1. The number of phenolic OH excluding ortho intramolecular Hbond substituents is 1. The minimum atomic E-state index is -3.54. The molecular weight excluding hydrogens is 374 g/mol. The molecule has 2 fully saturated rings. The summed E-state index contributed by atoms with van der Waals surface area (Å²) >= 11 is 0. The number of anilines is 1. The van der Waals surface area contributed by atoms with E-state index >= 15 is 0 Å². The third kappa shape index (κ3) is 2.86. The molecule has 3 heterocycles. The maximum Gasteiger partial charge on any atom is 0.243 e. The van der Waals surface area contributed by atoms with Crippen LogP contribution in [0.15, 0.2) is 59.6 Å². The predicted molar refractivity (Wildman–Crippen MR) is 109 cm³/mol. The summed E-state index contributed by atoms with van der Waals surface area (Å²) in [5, 5.41) is 10.6. The highest BCUT2D eigenvalue weighted by Crippen LogP contribution is 2.36. The van der Waals surface area contributed by atoms with Crippen molar-refractivity contribution in [2.75, 3.05) is 18.0 Å². The van der Waals surface area contributed by atoms with Gasteiger partial charge in [0, 0.05) is 42.6 Å². The number of nitrogens with zero attached hydrogens (tertiary/aromatic N) is 2. The first-order valence-corrected chi connectivity index (χ1v) is 11.1. The second kappa shape index (κ2) is 6.53. The summed E-state index contributed by atoms with van der Waals surface area (Å²) in [6, 6.07) is 14.8. The Labute approximate surface area is 164 Å². The normalized spacial score (nSPS) is 23.2. The van der Waals surface area contributed by atoms with Crippen LogP contribution in [0, 0.1) is 0 Å². The molecule has 0 saturated carbocycles. The van der Waals surface area contributed by atoms with E-state index in [1.54, 1.807) is 28.6 Å². The molecule has 0 amide bonds. The molecule has 0 spiro atoms. The van der Waals surface area contributed by atoms with Crippen LogP contribution < -0.4 is 4.90 Å². The van der Waals surface area contributed by atoms with Crippen LogP contribution in [0.1, 0.15) is 19.3 Å². The molecule has 1 aromatic heterocycles. The molecule has 2 aromatic carbocycles. The average Bonchev–Trinajstić information content (AvgIpc) is 3.15. The van der Waals surface area contributed by atoms with E-state index in [0.29, 0.717) is 18.0 Å². The van der Waals surface area contributed by atoms with Crippen LogP contribution in [-0.2, 0) is 10.0 Å². The van der Waals surface area contributed by atoms with Gasteiger partial charge in [-0.05, 0) is 67.1 Å². The van der Waals surface area contributed by atoms with Gasteiger partial charge >= 0.3 is 0 Å². The van der Waals surface area contributed by atoms with Crippen molar-refractivity contribution in [1.29, 1.82) is 0 Å². The topological polar surface area (TPSA) is 76.6 Å². The van der Waals surface area contributed by atoms with Crippen LogP contribution in [0.25, 0.3) is 10.9 Å². The zero-order valence-electron chi connectivity index (χ0n) is 15.5. The summed E-state index contributed by atoms with van der Waals surface area (Å²) < 4.78 is 28.3. The van der Waals surface area contributed by atoms with Crippen molar-refractivity contribution in [3.05, 3.63) is 54.7 Å². The molecule has 0 radical (unpaired) electrons. The Morgan fingerprint density at radius 3 is 2.39 bits per heavy atom. The number of hydrogen-bond acceptors (Lipinski definition) is 4. The van der Waals surface area contributed by atoms with Gasteiger partial charge in [-0.25, -0.2) is 8.42 Å². The molecule has 2 bridgehead atoms. The SMILES string of the molecule is O=S(=O)(c1ccc2cc[nH]c2c1)N1CC2CCCC(C1)N2c1ccc(O)cc1. The molecule has 6 nitrogen and oxygen atoms in total. The Morgan fingerprint density at radius 2 is 1.68 bits per heavy atom. The minimum Gasteiger partial charge on any atom is -0.508 e. The monoisotopic (exact) mass is 397 g/mol. The van der Waals surface area contributed by atoms with Gasteiger partial charge in [-0.3, -0.25) is 0 Å².